The van der Waals surface area contributed by atoms with E-state index >= 15 is 0 Å². The molecule has 134 valence electrons. The van der Waals surface area contributed by atoms with Crippen LogP contribution >= 0.6 is 0 Å². The number of carboxylic acids is 1. The molecule has 0 radical (unpaired) electrons. The smallest absolute Gasteiger partial charge is 0.416 e. The van der Waals surface area contributed by atoms with E-state index in [4.69, 9.17) is 0 Å². The average Bonchev–Trinajstić information content (AvgIpc) is 2.54. The van der Waals surface area contributed by atoms with Crippen LogP contribution < -0.4 is 4.72 Å². The van der Waals surface area contributed by atoms with Gasteiger partial charge in [-0.3, -0.25) is 4.79 Å². The number of rotatable bonds is 6. The minimum atomic E-state index is -4.71. The first-order valence-corrected chi connectivity index (χ1v) is 8.54. The average molecular weight is 373 g/mol. The molecule has 2 aromatic carbocycles. The Balaban J connectivity index is 2.27. The van der Waals surface area contributed by atoms with Gasteiger partial charge in [0.15, 0.2) is 0 Å². The molecule has 25 heavy (non-hydrogen) atoms. The van der Waals surface area contributed by atoms with Gasteiger partial charge in [-0.05, 0) is 30.2 Å². The Morgan fingerprint density at radius 2 is 1.72 bits per heavy atom. The molecule has 0 aliphatic rings. The first kappa shape index (κ1) is 18.9. The Labute approximate surface area is 142 Å². The Morgan fingerprint density at radius 3 is 2.28 bits per heavy atom. The molecule has 0 bridgehead atoms. The van der Waals surface area contributed by atoms with Crippen molar-refractivity contribution in [3.8, 4) is 0 Å². The maximum absolute atomic E-state index is 12.7. The molecule has 5 nitrogen and oxygen atoms in total. The molecule has 0 amide bonds. The molecule has 0 saturated heterocycles. The molecule has 0 aliphatic heterocycles. The van der Waals surface area contributed by atoms with E-state index in [1.807, 2.05) is 4.72 Å². The molecular weight excluding hydrogens is 359 g/mol. The van der Waals surface area contributed by atoms with Gasteiger partial charge in [-0.2, -0.15) is 17.9 Å². The van der Waals surface area contributed by atoms with Crippen molar-refractivity contribution in [3.63, 3.8) is 0 Å². The maximum atomic E-state index is 12.7. The van der Waals surface area contributed by atoms with Gasteiger partial charge in [-0.1, -0.05) is 36.4 Å². The highest BCUT2D eigenvalue weighted by Crippen LogP contribution is 2.30. The van der Waals surface area contributed by atoms with Crippen molar-refractivity contribution in [2.24, 2.45) is 0 Å². The number of carbonyl (C=O) groups is 1. The summed E-state index contributed by atoms with van der Waals surface area (Å²) >= 11 is 0. The fourth-order valence-corrected chi connectivity index (χ4v) is 3.36. The first-order chi connectivity index (χ1) is 11.6. The monoisotopic (exact) mass is 373 g/mol. The summed E-state index contributed by atoms with van der Waals surface area (Å²) in [6.45, 7) is 0. The molecule has 2 rings (SSSR count). The second-order valence-electron chi connectivity index (χ2n) is 5.23. The van der Waals surface area contributed by atoms with Crippen LogP contribution in [0.4, 0.5) is 13.2 Å². The minimum Gasteiger partial charge on any atom is -0.480 e. The topological polar surface area (TPSA) is 83.5 Å². The zero-order valence-corrected chi connectivity index (χ0v) is 13.5. The Bertz CT molecular complexity index is 851. The van der Waals surface area contributed by atoms with E-state index in [9.17, 15) is 31.5 Å². The first-order valence-electron chi connectivity index (χ1n) is 7.06. The van der Waals surface area contributed by atoms with Crippen molar-refractivity contribution < 1.29 is 31.5 Å². The molecule has 0 heterocycles. The number of hydrogen-bond donors (Lipinski definition) is 2. The maximum Gasteiger partial charge on any atom is 0.416 e. The summed E-state index contributed by atoms with van der Waals surface area (Å²) in [5, 5.41) is 9.22. The third-order valence-electron chi connectivity index (χ3n) is 3.35. The van der Waals surface area contributed by atoms with E-state index in [-0.39, 0.29) is 6.42 Å². The molecule has 0 aromatic heterocycles. The van der Waals surface area contributed by atoms with Crippen molar-refractivity contribution in [1.82, 2.24) is 4.72 Å². The Morgan fingerprint density at radius 1 is 1.08 bits per heavy atom. The summed E-state index contributed by atoms with van der Waals surface area (Å²) in [7, 11) is -4.44. The van der Waals surface area contributed by atoms with Gasteiger partial charge in [-0.25, -0.2) is 8.42 Å². The van der Waals surface area contributed by atoms with Gasteiger partial charge in [0.05, 0.1) is 10.5 Å². The van der Waals surface area contributed by atoms with Crippen LogP contribution in [0, 0.1) is 0 Å². The predicted molar refractivity (Wildman–Crippen MR) is 83.3 cm³/mol. The van der Waals surface area contributed by atoms with E-state index in [0.717, 1.165) is 18.2 Å². The summed E-state index contributed by atoms with van der Waals surface area (Å²) < 4.78 is 64.7. The minimum absolute atomic E-state index is 0.144. The number of benzene rings is 2. The molecule has 2 aromatic rings. The van der Waals surface area contributed by atoms with Gasteiger partial charge in [-0.15, -0.1) is 0 Å². The number of carboxylic acid groups (broad SMARTS) is 1. The lowest BCUT2D eigenvalue weighted by Gasteiger charge is -2.16. The summed E-state index contributed by atoms with van der Waals surface area (Å²) in [5.74, 6) is -1.43. The van der Waals surface area contributed by atoms with Crippen LogP contribution in [0.3, 0.4) is 0 Å². The highest BCUT2D eigenvalue weighted by atomic mass is 32.2. The lowest BCUT2D eigenvalue weighted by Crippen LogP contribution is -2.42. The van der Waals surface area contributed by atoms with Gasteiger partial charge in [0, 0.05) is 0 Å². The third-order valence-corrected chi connectivity index (χ3v) is 4.82. The third kappa shape index (κ3) is 5.04. The number of sulfonamides is 1. The Hall–Kier alpha value is -2.39. The number of nitrogens with one attached hydrogen (secondary N) is 1. The number of aliphatic carboxylic acids is 1. The number of halogens is 3. The number of alkyl halides is 3. The molecular formula is C16H14F3NO4S. The second kappa shape index (κ2) is 7.24. The van der Waals surface area contributed by atoms with E-state index in [2.05, 4.69) is 0 Å². The lowest BCUT2D eigenvalue weighted by molar-refractivity contribution is -0.139. The van der Waals surface area contributed by atoms with Gasteiger partial charge in [0.1, 0.15) is 6.04 Å². The predicted octanol–water partition coefficient (Wildman–Crippen LogP) is 2.68. The fraction of sp³-hybridized carbons (Fsp3) is 0.188. The molecule has 0 spiro atoms. The largest absolute Gasteiger partial charge is 0.480 e. The van der Waals surface area contributed by atoms with Crippen LogP contribution in [0.25, 0.3) is 0 Å². The van der Waals surface area contributed by atoms with Crippen molar-refractivity contribution in [1.29, 1.82) is 0 Å². The highest BCUT2D eigenvalue weighted by molar-refractivity contribution is 7.89. The fourth-order valence-electron chi connectivity index (χ4n) is 2.12. The van der Waals surface area contributed by atoms with Crippen LogP contribution in [-0.4, -0.2) is 25.5 Å². The van der Waals surface area contributed by atoms with Crippen molar-refractivity contribution in [2.75, 3.05) is 0 Å². The molecule has 1 atom stereocenters. The molecule has 2 N–H and O–H groups in total. The standard InChI is InChI=1S/C16H14F3NO4S/c17-16(18,19)12-7-4-8-13(10-12)25(23,24)20-14(15(21)22)9-11-5-2-1-3-6-11/h1-8,10,14,20H,9H2,(H,21,22)/t14-/m1/s1. The van der Waals surface area contributed by atoms with E-state index in [1.165, 1.54) is 0 Å². The van der Waals surface area contributed by atoms with Crippen molar-refractivity contribution in [3.05, 3.63) is 65.7 Å². The number of hydrogen-bond acceptors (Lipinski definition) is 3. The lowest BCUT2D eigenvalue weighted by atomic mass is 10.1. The normalized spacial score (nSPS) is 13.4. The zero-order chi connectivity index (χ0) is 18.7. The quantitative estimate of drug-likeness (QED) is 0.816. The van der Waals surface area contributed by atoms with Crippen LogP contribution in [-0.2, 0) is 27.4 Å². The highest BCUT2D eigenvalue weighted by Gasteiger charge is 2.32. The molecule has 9 heteroatoms. The van der Waals surface area contributed by atoms with Crippen LogP contribution in [0.15, 0.2) is 59.5 Å². The zero-order valence-electron chi connectivity index (χ0n) is 12.7. The van der Waals surface area contributed by atoms with Crippen LogP contribution in [0.5, 0.6) is 0 Å². The molecule has 0 aliphatic carbocycles. The van der Waals surface area contributed by atoms with Gasteiger partial charge < -0.3 is 5.11 Å². The molecule has 0 fully saturated rings. The summed E-state index contributed by atoms with van der Waals surface area (Å²) in [6.07, 6.45) is -4.85. The second-order valence-corrected chi connectivity index (χ2v) is 6.94. The van der Waals surface area contributed by atoms with Crippen molar-refractivity contribution >= 4 is 16.0 Å². The SMILES string of the molecule is O=C(O)[C@@H](Cc1ccccc1)NS(=O)(=O)c1cccc(C(F)(F)F)c1. The van der Waals surface area contributed by atoms with Crippen LogP contribution in [0.2, 0.25) is 0 Å². The van der Waals surface area contributed by atoms with Gasteiger partial charge in [0.25, 0.3) is 0 Å². The van der Waals surface area contributed by atoms with E-state index in [0.29, 0.717) is 11.6 Å². The summed E-state index contributed by atoms with van der Waals surface area (Å²) in [4.78, 5) is 10.7. The Kier molecular flexibility index (Phi) is 5.48. The molecule has 0 saturated carbocycles. The summed E-state index contributed by atoms with van der Waals surface area (Å²) in [6, 6.07) is 9.88. The van der Waals surface area contributed by atoms with Gasteiger partial charge >= 0.3 is 12.1 Å². The molecule has 0 unspecified atom stereocenters. The van der Waals surface area contributed by atoms with Crippen LogP contribution in [0.1, 0.15) is 11.1 Å². The van der Waals surface area contributed by atoms with Crippen molar-refractivity contribution in [2.45, 2.75) is 23.5 Å². The van der Waals surface area contributed by atoms with Gasteiger partial charge in [0.2, 0.25) is 10.0 Å². The summed E-state index contributed by atoms with van der Waals surface area (Å²) in [5.41, 5.74) is -0.563. The van der Waals surface area contributed by atoms with E-state index in [1.54, 1.807) is 30.3 Å². The van der Waals surface area contributed by atoms with E-state index < -0.39 is 38.7 Å².